The van der Waals surface area contributed by atoms with Gasteiger partial charge >= 0.3 is 0 Å². The molecule has 2 saturated heterocycles. The molecule has 1 aromatic heterocycles. The Morgan fingerprint density at radius 1 is 1.08 bits per heavy atom. The molecule has 0 spiro atoms. The maximum atomic E-state index is 5.54. The first-order valence-corrected chi connectivity index (χ1v) is 9.63. The molecule has 5 heteroatoms. The van der Waals surface area contributed by atoms with Crippen molar-refractivity contribution in [1.29, 1.82) is 0 Å². The molecule has 2 aliphatic rings. The predicted molar refractivity (Wildman–Crippen MR) is 104 cm³/mol. The number of rotatable bonds is 4. The zero-order valence-electron chi connectivity index (χ0n) is 15.8. The molecular formula is C21H28N4O. The van der Waals surface area contributed by atoms with Gasteiger partial charge in [-0.15, -0.1) is 0 Å². The van der Waals surface area contributed by atoms with Crippen LogP contribution in [-0.2, 0) is 11.3 Å². The fraction of sp³-hybridized carbons (Fsp3) is 0.524. The van der Waals surface area contributed by atoms with E-state index in [9.17, 15) is 0 Å². The molecule has 1 atom stereocenters. The van der Waals surface area contributed by atoms with E-state index in [1.807, 2.05) is 6.92 Å². The summed E-state index contributed by atoms with van der Waals surface area (Å²) in [6, 6.07) is 11.0. The highest BCUT2D eigenvalue weighted by atomic mass is 16.5. The highest BCUT2D eigenvalue weighted by Gasteiger charge is 2.23. The molecule has 5 nitrogen and oxygen atoms in total. The highest BCUT2D eigenvalue weighted by Crippen LogP contribution is 2.26. The summed E-state index contributed by atoms with van der Waals surface area (Å²) in [4.78, 5) is 14.3. The van der Waals surface area contributed by atoms with Crippen molar-refractivity contribution in [3.8, 4) is 0 Å². The fourth-order valence-corrected chi connectivity index (χ4v) is 3.92. The summed E-state index contributed by atoms with van der Waals surface area (Å²) in [5.41, 5.74) is 3.88. The van der Waals surface area contributed by atoms with Crippen LogP contribution in [0.3, 0.4) is 0 Å². The van der Waals surface area contributed by atoms with Crippen LogP contribution < -0.4 is 4.90 Å². The van der Waals surface area contributed by atoms with Crippen LogP contribution in [0.1, 0.15) is 35.0 Å². The summed E-state index contributed by atoms with van der Waals surface area (Å²) in [5.74, 6) is 2.37. The number of anilines is 1. The first-order chi connectivity index (χ1) is 12.7. The van der Waals surface area contributed by atoms with Crippen molar-refractivity contribution in [2.75, 3.05) is 44.3 Å². The number of nitrogens with zero attached hydrogens (tertiary/aromatic N) is 4. The van der Waals surface area contributed by atoms with Crippen molar-refractivity contribution in [3.63, 3.8) is 0 Å². The Kier molecular flexibility index (Phi) is 5.18. The van der Waals surface area contributed by atoms with Crippen LogP contribution in [0.15, 0.2) is 30.3 Å². The van der Waals surface area contributed by atoms with Gasteiger partial charge < -0.3 is 9.64 Å². The van der Waals surface area contributed by atoms with E-state index in [1.54, 1.807) is 0 Å². The van der Waals surface area contributed by atoms with Crippen molar-refractivity contribution < 1.29 is 4.74 Å². The van der Waals surface area contributed by atoms with Crippen LogP contribution >= 0.6 is 0 Å². The number of aryl methyl sites for hydroxylation is 2. The minimum Gasteiger partial charge on any atom is -0.381 e. The minimum atomic E-state index is 0.429. The van der Waals surface area contributed by atoms with E-state index in [1.165, 1.54) is 11.1 Å². The Morgan fingerprint density at radius 2 is 1.92 bits per heavy atom. The molecule has 0 aliphatic carbocycles. The van der Waals surface area contributed by atoms with Crippen molar-refractivity contribution >= 4 is 5.82 Å². The van der Waals surface area contributed by atoms with E-state index in [0.717, 1.165) is 69.7 Å². The van der Waals surface area contributed by atoms with E-state index in [0.29, 0.717) is 5.92 Å². The number of benzene rings is 1. The Labute approximate surface area is 156 Å². The first-order valence-electron chi connectivity index (χ1n) is 9.63. The SMILES string of the molecule is Cc1cccc(CN2CCN(c3cc([C@H]4CCOC4)nc(C)n3)CC2)c1. The van der Waals surface area contributed by atoms with Crippen LogP contribution in [0.2, 0.25) is 0 Å². The topological polar surface area (TPSA) is 41.5 Å². The highest BCUT2D eigenvalue weighted by molar-refractivity contribution is 5.41. The third kappa shape index (κ3) is 4.05. The second kappa shape index (κ2) is 7.72. The van der Waals surface area contributed by atoms with E-state index < -0.39 is 0 Å². The minimum absolute atomic E-state index is 0.429. The summed E-state index contributed by atoms with van der Waals surface area (Å²) >= 11 is 0. The van der Waals surface area contributed by atoms with Gasteiger partial charge in [0.2, 0.25) is 0 Å². The normalized spacial score (nSPS) is 21.3. The lowest BCUT2D eigenvalue weighted by Gasteiger charge is -2.35. The molecule has 0 amide bonds. The molecule has 1 aromatic carbocycles. The van der Waals surface area contributed by atoms with E-state index >= 15 is 0 Å². The van der Waals surface area contributed by atoms with Gasteiger partial charge in [0.15, 0.2) is 0 Å². The lowest BCUT2D eigenvalue weighted by Crippen LogP contribution is -2.46. The number of piperazine rings is 1. The Morgan fingerprint density at radius 3 is 2.65 bits per heavy atom. The van der Waals surface area contributed by atoms with Crippen LogP contribution in [0.25, 0.3) is 0 Å². The molecule has 0 unspecified atom stereocenters. The third-order valence-electron chi connectivity index (χ3n) is 5.38. The van der Waals surface area contributed by atoms with Gasteiger partial charge in [-0.1, -0.05) is 29.8 Å². The Balaban J connectivity index is 1.40. The van der Waals surface area contributed by atoms with Crippen LogP contribution in [0.4, 0.5) is 5.82 Å². The van der Waals surface area contributed by atoms with Gasteiger partial charge in [0.1, 0.15) is 11.6 Å². The maximum Gasteiger partial charge on any atom is 0.132 e. The maximum absolute atomic E-state index is 5.54. The summed E-state index contributed by atoms with van der Waals surface area (Å²) in [6.07, 6.45) is 1.07. The van der Waals surface area contributed by atoms with E-state index in [-0.39, 0.29) is 0 Å². The number of hydrogen-bond donors (Lipinski definition) is 0. The summed E-state index contributed by atoms with van der Waals surface area (Å²) in [6.45, 7) is 11.0. The van der Waals surface area contributed by atoms with Gasteiger partial charge in [-0.25, -0.2) is 9.97 Å². The number of hydrogen-bond acceptors (Lipinski definition) is 5. The molecule has 0 radical (unpaired) electrons. The fourth-order valence-electron chi connectivity index (χ4n) is 3.92. The summed E-state index contributed by atoms with van der Waals surface area (Å²) in [7, 11) is 0. The second-order valence-corrected chi connectivity index (χ2v) is 7.51. The number of ether oxygens (including phenoxy) is 1. The molecule has 2 fully saturated rings. The standard InChI is InChI=1S/C21H28N4O/c1-16-4-3-5-18(12-16)14-24-7-9-25(10-8-24)21-13-20(22-17(2)23-21)19-6-11-26-15-19/h3-5,12-13,19H,6-11,14-15H2,1-2H3/t19-/m0/s1. The zero-order valence-corrected chi connectivity index (χ0v) is 15.8. The summed E-state index contributed by atoms with van der Waals surface area (Å²) < 4.78 is 5.54. The molecule has 0 N–H and O–H groups in total. The van der Waals surface area contributed by atoms with E-state index in [2.05, 4.69) is 52.0 Å². The van der Waals surface area contributed by atoms with Crippen LogP contribution in [0.5, 0.6) is 0 Å². The van der Waals surface area contributed by atoms with Gasteiger partial charge in [-0.3, -0.25) is 4.90 Å². The largest absolute Gasteiger partial charge is 0.381 e. The van der Waals surface area contributed by atoms with Crippen LogP contribution in [-0.4, -0.2) is 54.3 Å². The summed E-state index contributed by atoms with van der Waals surface area (Å²) in [5, 5.41) is 0. The second-order valence-electron chi connectivity index (χ2n) is 7.51. The zero-order chi connectivity index (χ0) is 17.9. The van der Waals surface area contributed by atoms with Crippen LogP contribution in [0, 0.1) is 13.8 Å². The van der Waals surface area contributed by atoms with Gasteiger partial charge in [-0.2, -0.15) is 0 Å². The number of aromatic nitrogens is 2. The van der Waals surface area contributed by atoms with Crippen molar-refractivity contribution in [2.45, 2.75) is 32.7 Å². The molecular weight excluding hydrogens is 324 g/mol. The van der Waals surface area contributed by atoms with Gasteiger partial charge in [0.25, 0.3) is 0 Å². The molecule has 2 aromatic rings. The Hall–Kier alpha value is -1.98. The van der Waals surface area contributed by atoms with Crippen molar-refractivity contribution in [3.05, 3.63) is 53.0 Å². The monoisotopic (exact) mass is 352 g/mol. The Bertz CT molecular complexity index is 749. The smallest absolute Gasteiger partial charge is 0.132 e. The third-order valence-corrected chi connectivity index (χ3v) is 5.38. The lowest BCUT2D eigenvalue weighted by molar-refractivity contribution is 0.193. The molecule has 2 aliphatic heterocycles. The lowest BCUT2D eigenvalue weighted by atomic mass is 10.0. The molecule has 138 valence electrons. The van der Waals surface area contributed by atoms with Crippen molar-refractivity contribution in [1.82, 2.24) is 14.9 Å². The average Bonchev–Trinajstić information content (AvgIpc) is 3.17. The molecule has 3 heterocycles. The van der Waals surface area contributed by atoms with Gasteiger partial charge in [-0.05, 0) is 25.8 Å². The molecule has 0 bridgehead atoms. The quantitative estimate of drug-likeness (QED) is 0.846. The first kappa shape index (κ1) is 17.4. The van der Waals surface area contributed by atoms with Gasteiger partial charge in [0, 0.05) is 51.3 Å². The van der Waals surface area contributed by atoms with Gasteiger partial charge in [0.05, 0.1) is 12.3 Å². The van der Waals surface area contributed by atoms with Crippen molar-refractivity contribution in [2.24, 2.45) is 0 Å². The molecule has 4 rings (SSSR count). The van der Waals surface area contributed by atoms with E-state index in [4.69, 9.17) is 9.72 Å². The average molecular weight is 352 g/mol. The molecule has 0 saturated carbocycles. The molecule has 26 heavy (non-hydrogen) atoms. The predicted octanol–water partition coefficient (Wildman–Crippen LogP) is 2.92.